The fraction of sp³-hybridized carbons (Fsp3) is 0.471. The number of methoxy groups -OCH3 is 1. The SMILES string of the molecule is COc1nc2ccccc2cc1CN1CCC(C(C)O)C1. The highest BCUT2D eigenvalue weighted by atomic mass is 16.5. The van der Waals surface area contributed by atoms with Gasteiger partial charge in [0.25, 0.3) is 0 Å². The number of aromatic nitrogens is 1. The molecule has 0 aliphatic carbocycles. The van der Waals surface area contributed by atoms with Gasteiger partial charge in [-0.1, -0.05) is 18.2 Å². The Morgan fingerprint density at radius 3 is 2.95 bits per heavy atom. The number of rotatable bonds is 4. The lowest BCUT2D eigenvalue weighted by molar-refractivity contribution is 0.127. The normalized spacial score (nSPS) is 20.8. The summed E-state index contributed by atoms with van der Waals surface area (Å²) in [4.78, 5) is 6.96. The van der Waals surface area contributed by atoms with E-state index in [1.165, 1.54) is 0 Å². The van der Waals surface area contributed by atoms with E-state index < -0.39 is 0 Å². The Balaban J connectivity index is 1.83. The maximum absolute atomic E-state index is 9.71. The highest BCUT2D eigenvalue weighted by molar-refractivity contribution is 5.80. The van der Waals surface area contributed by atoms with Gasteiger partial charge in [0.05, 0.1) is 18.7 Å². The molecule has 3 rings (SSSR count). The Morgan fingerprint density at radius 2 is 2.24 bits per heavy atom. The summed E-state index contributed by atoms with van der Waals surface area (Å²) in [5.74, 6) is 1.08. The van der Waals surface area contributed by atoms with E-state index in [9.17, 15) is 5.11 Å². The van der Waals surface area contributed by atoms with E-state index >= 15 is 0 Å². The zero-order valence-corrected chi connectivity index (χ0v) is 12.6. The smallest absolute Gasteiger partial charge is 0.218 e. The van der Waals surface area contributed by atoms with Crippen LogP contribution in [-0.2, 0) is 6.54 Å². The number of aliphatic hydroxyl groups is 1. The fourth-order valence-corrected chi connectivity index (χ4v) is 3.07. The number of fused-ring (bicyclic) bond motifs is 1. The molecule has 0 bridgehead atoms. The lowest BCUT2D eigenvalue weighted by Gasteiger charge is -2.18. The van der Waals surface area contributed by atoms with Gasteiger partial charge < -0.3 is 9.84 Å². The van der Waals surface area contributed by atoms with Gasteiger partial charge in [-0.2, -0.15) is 0 Å². The van der Waals surface area contributed by atoms with Crippen molar-refractivity contribution in [3.63, 3.8) is 0 Å². The molecule has 1 aliphatic rings. The molecule has 0 spiro atoms. The molecular weight excluding hydrogens is 264 g/mol. The predicted octanol–water partition coefficient (Wildman–Crippen LogP) is 2.45. The Hall–Kier alpha value is -1.65. The number of ether oxygens (including phenoxy) is 1. The van der Waals surface area contributed by atoms with E-state index in [4.69, 9.17) is 4.74 Å². The summed E-state index contributed by atoms with van der Waals surface area (Å²) < 4.78 is 5.45. The van der Waals surface area contributed by atoms with Gasteiger partial charge in [0.2, 0.25) is 5.88 Å². The fourth-order valence-electron chi connectivity index (χ4n) is 3.07. The zero-order valence-electron chi connectivity index (χ0n) is 12.6. The molecule has 1 saturated heterocycles. The first-order valence-corrected chi connectivity index (χ1v) is 7.50. The molecule has 0 radical (unpaired) electrons. The highest BCUT2D eigenvalue weighted by Gasteiger charge is 2.26. The second-order valence-electron chi connectivity index (χ2n) is 5.87. The average molecular weight is 286 g/mol. The molecule has 21 heavy (non-hydrogen) atoms. The molecule has 0 amide bonds. The van der Waals surface area contributed by atoms with Crippen molar-refractivity contribution in [1.82, 2.24) is 9.88 Å². The maximum Gasteiger partial charge on any atom is 0.218 e. The molecule has 1 aliphatic heterocycles. The molecule has 112 valence electrons. The van der Waals surface area contributed by atoms with Gasteiger partial charge >= 0.3 is 0 Å². The van der Waals surface area contributed by atoms with Crippen LogP contribution in [0.5, 0.6) is 5.88 Å². The van der Waals surface area contributed by atoms with Gasteiger partial charge in [-0.25, -0.2) is 4.98 Å². The number of para-hydroxylation sites is 1. The van der Waals surface area contributed by atoms with Crippen LogP contribution in [0.25, 0.3) is 10.9 Å². The van der Waals surface area contributed by atoms with Crippen LogP contribution in [0.3, 0.4) is 0 Å². The van der Waals surface area contributed by atoms with Crippen LogP contribution < -0.4 is 4.74 Å². The van der Waals surface area contributed by atoms with Gasteiger partial charge in [-0.05, 0) is 37.9 Å². The van der Waals surface area contributed by atoms with E-state index in [0.717, 1.165) is 42.5 Å². The number of hydrogen-bond donors (Lipinski definition) is 1. The number of nitrogens with zero attached hydrogens (tertiary/aromatic N) is 2. The standard InChI is InChI=1S/C17H22N2O2/c1-12(20)14-7-8-19(10-14)11-15-9-13-5-3-4-6-16(13)18-17(15)21-2/h3-6,9,12,14,20H,7-8,10-11H2,1-2H3. The number of benzene rings is 1. The third-order valence-electron chi connectivity index (χ3n) is 4.34. The second-order valence-corrected chi connectivity index (χ2v) is 5.87. The molecular formula is C17H22N2O2. The lowest BCUT2D eigenvalue weighted by atomic mass is 10.0. The minimum Gasteiger partial charge on any atom is -0.481 e. The van der Waals surface area contributed by atoms with Crippen LogP contribution in [0, 0.1) is 5.92 Å². The van der Waals surface area contributed by atoms with Crippen LogP contribution in [0.15, 0.2) is 30.3 Å². The molecule has 1 fully saturated rings. The summed E-state index contributed by atoms with van der Waals surface area (Å²) in [5, 5.41) is 10.9. The van der Waals surface area contributed by atoms with Gasteiger partial charge in [-0.3, -0.25) is 4.90 Å². The monoisotopic (exact) mass is 286 g/mol. The van der Waals surface area contributed by atoms with Crippen molar-refractivity contribution < 1.29 is 9.84 Å². The third-order valence-corrected chi connectivity index (χ3v) is 4.34. The van der Waals surface area contributed by atoms with Gasteiger partial charge in [0.1, 0.15) is 0 Å². The summed E-state index contributed by atoms with van der Waals surface area (Å²) in [5.41, 5.74) is 2.07. The first-order valence-electron chi connectivity index (χ1n) is 7.50. The van der Waals surface area contributed by atoms with Crippen molar-refractivity contribution in [3.8, 4) is 5.88 Å². The predicted molar refractivity (Wildman–Crippen MR) is 83.4 cm³/mol. The third kappa shape index (κ3) is 3.01. The highest BCUT2D eigenvalue weighted by Crippen LogP contribution is 2.27. The van der Waals surface area contributed by atoms with Crippen LogP contribution in [0.4, 0.5) is 0 Å². The Bertz CT molecular complexity index is 627. The molecule has 1 N–H and O–H groups in total. The average Bonchev–Trinajstić information content (AvgIpc) is 2.95. The van der Waals surface area contributed by atoms with E-state index in [1.54, 1.807) is 7.11 Å². The summed E-state index contributed by atoms with van der Waals surface area (Å²) in [6.07, 6.45) is 0.827. The summed E-state index contributed by atoms with van der Waals surface area (Å²) in [7, 11) is 1.67. The van der Waals surface area contributed by atoms with Crippen molar-refractivity contribution in [1.29, 1.82) is 0 Å². The van der Waals surface area contributed by atoms with Crippen molar-refractivity contribution >= 4 is 10.9 Å². The van der Waals surface area contributed by atoms with Gasteiger partial charge in [0.15, 0.2) is 0 Å². The minimum atomic E-state index is -0.230. The summed E-state index contributed by atoms with van der Waals surface area (Å²) >= 11 is 0. The minimum absolute atomic E-state index is 0.230. The Kier molecular flexibility index (Phi) is 4.08. The van der Waals surface area contributed by atoms with E-state index in [0.29, 0.717) is 11.8 Å². The molecule has 2 aromatic rings. The zero-order chi connectivity index (χ0) is 14.8. The largest absolute Gasteiger partial charge is 0.481 e. The van der Waals surface area contributed by atoms with Crippen LogP contribution in [0.1, 0.15) is 18.9 Å². The van der Waals surface area contributed by atoms with Crippen molar-refractivity contribution in [2.24, 2.45) is 5.92 Å². The van der Waals surface area contributed by atoms with Crippen molar-refractivity contribution in [2.45, 2.75) is 26.0 Å². The number of pyridine rings is 1. The number of aliphatic hydroxyl groups excluding tert-OH is 1. The maximum atomic E-state index is 9.71. The van der Waals surface area contributed by atoms with Crippen LogP contribution in [-0.4, -0.2) is 41.3 Å². The molecule has 4 heteroatoms. The van der Waals surface area contributed by atoms with Gasteiger partial charge in [0, 0.05) is 24.0 Å². The Labute approximate surface area is 125 Å². The van der Waals surface area contributed by atoms with Crippen molar-refractivity contribution in [2.75, 3.05) is 20.2 Å². The number of hydrogen-bond acceptors (Lipinski definition) is 4. The van der Waals surface area contributed by atoms with E-state index in [2.05, 4.69) is 22.0 Å². The quantitative estimate of drug-likeness (QED) is 0.937. The molecule has 4 nitrogen and oxygen atoms in total. The first-order chi connectivity index (χ1) is 10.2. The molecule has 2 unspecified atom stereocenters. The number of likely N-dealkylation sites (tertiary alicyclic amines) is 1. The van der Waals surface area contributed by atoms with Crippen LogP contribution >= 0.6 is 0 Å². The van der Waals surface area contributed by atoms with E-state index in [1.807, 2.05) is 25.1 Å². The lowest BCUT2D eigenvalue weighted by Crippen LogP contribution is -2.24. The summed E-state index contributed by atoms with van der Waals surface area (Å²) in [6, 6.07) is 10.3. The van der Waals surface area contributed by atoms with Crippen molar-refractivity contribution in [3.05, 3.63) is 35.9 Å². The second kappa shape index (κ2) is 6.00. The Morgan fingerprint density at radius 1 is 1.43 bits per heavy atom. The molecule has 2 heterocycles. The first kappa shape index (κ1) is 14.3. The molecule has 1 aromatic carbocycles. The summed E-state index contributed by atoms with van der Waals surface area (Å²) in [6.45, 7) is 4.66. The topological polar surface area (TPSA) is 45.6 Å². The molecule has 2 atom stereocenters. The molecule has 0 saturated carbocycles. The van der Waals surface area contributed by atoms with Crippen LogP contribution in [0.2, 0.25) is 0 Å². The molecule has 1 aromatic heterocycles. The van der Waals surface area contributed by atoms with Gasteiger partial charge in [-0.15, -0.1) is 0 Å². The van der Waals surface area contributed by atoms with E-state index in [-0.39, 0.29) is 6.10 Å².